The normalized spacial score (nSPS) is 19.2. The van der Waals surface area contributed by atoms with Crippen LogP contribution in [0, 0.1) is 0 Å². The summed E-state index contributed by atoms with van der Waals surface area (Å²) in [6, 6.07) is 6.03. The Bertz CT molecular complexity index is 391. The molecule has 1 aromatic carbocycles. The molecule has 1 saturated heterocycles. The first-order chi connectivity index (χ1) is 8.74. The molecule has 1 heterocycles. The average Bonchev–Trinajstić information content (AvgIpc) is 2.89. The maximum Gasteiger partial charge on any atom is 0.0750 e. The van der Waals surface area contributed by atoms with Crippen molar-refractivity contribution >= 4 is 28.9 Å². The van der Waals surface area contributed by atoms with Gasteiger partial charge < -0.3 is 9.64 Å². The van der Waals surface area contributed by atoms with Crippen LogP contribution in [0.4, 0.5) is 5.69 Å². The van der Waals surface area contributed by atoms with Crippen molar-refractivity contribution in [2.75, 3.05) is 24.6 Å². The number of ether oxygens (including phenoxy) is 1. The summed E-state index contributed by atoms with van der Waals surface area (Å²) < 4.78 is 5.69. The van der Waals surface area contributed by atoms with E-state index in [9.17, 15) is 0 Å². The van der Waals surface area contributed by atoms with Gasteiger partial charge in [-0.15, -0.1) is 11.6 Å². The number of hydrogen-bond donors (Lipinski definition) is 0. The number of anilines is 1. The van der Waals surface area contributed by atoms with Gasteiger partial charge in [-0.05, 0) is 37.5 Å². The number of alkyl halides is 1. The number of nitrogens with zero attached hydrogens (tertiary/aromatic N) is 1. The number of benzene rings is 1. The highest BCUT2D eigenvalue weighted by atomic mass is 35.5. The highest BCUT2D eigenvalue weighted by Crippen LogP contribution is 2.28. The van der Waals surface area contributed by atoms with E-state index in [1.54, 1.807) is 0 Å². The smallest absolute Gasteiger partial charge is 0.0750 e. The second-order valence-electron chi connectivity index (χ2n) is 4.59. The van der Waals surface area contributed by atoms with E-state index in [0.29, 0.717) is 12.0 Å². The van der Waals surface area contributed by atoms with Gasteiger partial charge in [0, 0.05) is 25.6 Å². The Hall–Kier alpha value is -0.440. The van der Waals surface area contributed by atoms with E-state index in [1.807, 2.05) is 12.1 Å². The SMILES string of the molecule is CCN(CC1CCCO1)c1ccc(CCl)cc1Cl. The van der Waals surface area contributed by atoms with Crippen LogP contribution in [-0.2, 0) is 10.6 Å². The lowest BCUT2D eigenvalue weighted by atomic mass is 10.2. The molecule has 1 aromatic rings. The number of halogens is 2. The van der Waals surface area contributed by atoms with Gasteiger partial charge in [0.25, 0.3) is 0 Å². The quantitative estimate of drug-likeness (QED) is 0.757. The zero-order valence-corrected chi connectivity index (χ0v) is 12.2. The molecule has 1 atom stereocenters. The van der Waals surface area contributed by atoms with Crippen molar-refractivity contribution in [1.29, 1.82) is 0 Å². The van der Waals surface area contributed by atoms with Gasteiger partial charge in [-0.2, -0.15) is 0 Å². The lowest BCUT2D eigenvalue weighted by molar-refractivity contribution is 0.115. The van der Waals surface area contributed by atoms with Gasteiger partial charge in [-0.1, -0.05) is 17.7 Å². The van der Waals surface area contributed by atoms with E-state index in [0.717, 1.165) is 42.4 Å². The molecule has 0 radical (unpaired) electrons. The maximum absolute atomic E-state index is 6.33. The molecular formula is C14H19Cl2NO. The molecule has 0 bridgehead atoms. The Kier molecular flexibility index (Phi) is 5.16. The number of hydrogen-bond acceptors (Lipinski definition) is 2. The van der Waals surface area contributed by atoms with Crippen LogP contribution in [0.5, 0.6) is 0 Å². The van der Waals surface area contributed by atoms with Crippen molar-refractivity contribution in [3.63, 3.8) is 0 Å². The molecule has 18 heavy (non-hydrogen) atoms. The van der Waals surface area contributed by atoms with Gasteiger partial charge in [-0.3, -0.25) is 0 Å². The van der Waals surface area contributed by atoms with Gasteiger partial charge >= 0.3 is 0 Å². The van der Waals surface area contributed by atoms with E-state index in [2.05, 4.69) is 17.9 Å². The van der Waals surface area contributed by atoms with Crippen LogP contribution in [0.2, 0.25) is 5.02 Å². The molecule has 0 aliphatic carbocycles. The fourth-order valence-corrected chi connectivity index (χ4v) is 2.81. The van der Waals surface area contributed by atoms with Crippen molar-refractivity contribution in [2.24, 2.45) is 0 Å². The van der Waals surface area contributed by atoms with Gasteiger partial charge in [-0.25, -0.2) is 0 Å². The molecule has 4 heteroatoms. The monoisotopic (exact) mass is 287 g/mol. The minimum atomic E-state index is 0.341. The summed E-state index contributed by atoms with van der Waals surface area (Å²) in [6.07, 6.45) is 2.66. The lowest BCUT2D eigenvalue weighted by Gasteiger charge is -2.27. The first kappa shape index (κ1) is 14.0. The Morgan fingerprint density at radius 2 is 2.28 bits per heavy atom. The Morgan fingerprint density at radius 3 is 2.83 bits per heavy atom. The van der Waals surface area contributed by atoms with Crippen molar-refractivity contribution < 1.29 is 4.74 Å². The number of rotatable bonds is 5. The predicted octanol–water partition coefficient (Wildman–Crippen LogP) is 4.08. The molecule has 0 aromatic heterocycles. The van der Waals surface area contributed by atoms with Crippen LogP contribution in [0.25, 0.3) is 0 Å². The van der Waals surface area contributed by atoms with E-state index < -0.39 is 0 Å². The molecule has 1 fully saturated rings. The third kappa shape index (κ3) is 3.31. The summed E-state index contributed by atoms with van der Waals surface area (Å²) in [5.41, 5.74) is 2.13. The topological polar surface area (TPSA) is 12.5 Å². The highest BCUT2D eigenvalue weighted by Gasteiger charge is 2.19. The van der Waals surface area contributed by atoms with Crippen molar-refractivity contribution in [3.8, 4) is 0 Å². The van der Waals surface area contributed by atoms with Crippen LogP contribution in [-0.4, -0.2) is 25.8 Å². The molecule has 1 aliphatic rings. The summed E-state index contributed by atoms with van der Waals surface area (Å²) in [5.74, 6) is 0.498. The van der Waals surface area contributed by atoms with E-state index in [4.69, 9.17) is 27.9 Å². The third-order valence-corrected chi connectivity index (χ3v) is 3.95. The standard InChI is InChI=1S/C14H19Cl2NO/c1-2-17(10-12-4-3-7-18-12)14-6-5-11(9-15)8-13(14)16/h5-6,8,12H,2-4,7,9-10H2,1H3. The van der Waals surface area contributed by atoms with Crippen molar-refractivity contribution in [3.05, 3.63) is 28.8 Å². The first-order valence-electron chi connectivity index (χ1n) is 6.45. The second-order valence-corrected chi connectivity index (χ2v) is 5.27. The van der Waals surface area contributed by atoms with Crippen molar-refractivity contribution in [1.82, 2.24) is 0 Å². The molecule has 2 rings (SSSR count). The molecule has 1 aliphatic heterocycles. The van der Waals surface area contributed by atoms with Gasteiger partial charge in [0.05, 0.1) is 16.8 Å². The zero-order chi connectivity index (χ0) is 13.0. The van der Waals surface area contributed by atoms with Crippen LogP contribution < -0.4 is 4.90 Å². The Balaban J connectivity index is 2.10. The van der Waals surface area contributed by atoms with Crippen LogP contribution >= 0.6 is 23.2 Å². The van der Waals surface area contributed by atoms with E-state index in [-0.39, 0.29) is 0 Å². The molecule has 1 unspecified atom stereocenters. The summed E-state index contributed by atoms with van der Waals surface area (Å²) in [4.78, 5) is 2.27. The fraction of sp³-hybridized carbons (Fsp3) is 0.571. The van der Waals surface area contributed by atoms with Crippen molar-refractivity contribution in [2.45, 2.75) is 31.7 Å². The molecule has 100 valence electrons. The largest absolute Gasteiger partial charge is 0.376 e. The second kappa shape index (κ2) is 6.65. The van der Waals surface area contributed by atoms with E-state index >= 15 is 0 Å². The molecular weight excluding hydrogens is 269 g/mol. The molecule has 2 nitrogen and oxygen atoms in total. The summed E-state index contributed by atoms with van der Waals surface area (Å²) >= 11 is 12.1. The van der Waals surface area contributed by atoms with Gasteiger partial charge in [0.1, 0.15) is 0 Å². The molecule has 0 spiro atoms. The van der Waals surface area contributed by atoms with Gasteiger partial charge in [0.2, 0.25) is 0 Å². The van der Waals surface area contributed by atoms with Crippen LogP contribution in [0.1, 0.15) is 25.3 Å². The maximum atomic E-state index is 6.33. The fourth-order valence-electron chi connectivity index (χ4n) is 2.32. The average molecular weight is 288 g/mol. The van der Waals surface area contributed by atoms with E-state index in [1.165, 1.54) is 6.42 Å². The Morgan fingerprint density at radius 1 is 1.44 bits per heavy atom. The summed E-state index contributed by atoms with van der Waals surface area (Å²) in [6.45, 7) is 4.87. The lowest BCUT2D eigenvalue weighted by Crippen LogP contribution is -2.32. The highest BCUT2D eigenvalue weighted by molar-refractivity contribution is 6.33. The summed E-state index contributed by atoms with van der Waals surface area (Å²) in [5, 5.41) is 0.771. The molecule has 0 N–H and O–H groups in total. The van der Waals surface area contributed by atoms with Gasteiger partial charge in [0.15, 0.2) is 0 Å². The first-order valence-corrected chi connectivity index (χ1v) is 7.36. The van der Waals surface area contributed by atoms with Crippen LogP contribution in [0.3, 0.4) is 0 Å². The Labute approximate surface area is 119 Å². The molecule has 0 saturated carbocycles. The third-order valence-electron chi connectivity index (χ3n) is 3.34. The van der Waals surface area contributed by atoms with Crippen LogP contribution in [0.15, 0.2) is 18.2 Å². The summed E-state index contributed by atoms with van der Waals surface area (Å²) in [7, 11) is 0. The minimum absolute atomic E-state index is 0.341. The predicted molar refractivity (Wildman–Crippen MR) is 77.9 cm³/mol. The zero-order valence-electron chi connectivity index (χ0n) is 10.7. The minimum Gasteiger partial charge on any atom is -0.376 e. The molecule has 0 amide bonds. The number of likely N-dealkylation sites (N-methyl/N-ethyl adjacent to an activating group) is 1.